The van der Waals surface area contributed by atoms with Crippen molar-refractivity contribution in [3.05, 3.63) is 23.3 Å². The van der Waals surface area contributed by atoms with Crippen molar-refractivity contribution in [2.24, 2.45) is 10.9 Å². The summed E-state index contributed by atoms with van der Waals surface area (Å²) >= 11 is 0. The van der Waals surface area contributed by atoms with Crippen LogP contribution in [-0.4, -0.2) is 24.7 Å². The van der Waals surface area contributed by atoms with Crippen LogP contribution in [0.5, 0.6) is 5.75 Å². The highest BCUT2D eigenvalue weighted by molar-refractivity contribution is 5.86. The number of phenolic OH excluding ortho intramolecular Hbond substituents is 1. The number of rotatable bonds is 2. The number of phenols is 1. The van der Waals surface area contributed by atoms with E-state index in [1.807, 2.05) is 26.8 Å². The normalized spacial score (nSPS) is 22.3. The number of methoxy groups -OCH3 is 1. The highest BCUT2D eigenvalue weighted by Crippen LogP contribution is 2.42. The van der Waals surface area contributed by atoms with Crippen molar-refractivity contribution in [3.8, 4) is 5.75 Å². The zero-order chi connectivity index (χ0) is 13.3. The van der Waals surface area contributed by atoms with Gasteiger partial charge in [-0.1, -0.05) is 13.0 Å². The number of ether oxygens (including phenoxy) is 2. The fourth-order valence-corrected chi connectivity index (χ4v) is 2.34. The molecule has 1 aromatic carbocycles. The summed E-state index contributed by atoms with van der Waals surface area (Å²) in [5.74, 6) is 0.995. The highest BCUT2D eigenvalue weighted by atomic mass is 16.5. The zero-order valence-corrected chi connectivity index (χ0v) is 11.2. The number of nitrogens with zero attached hydrogens (tertiary/aromatic N) is 1. The second-order valence-corrected chi connectivity index (χ2v) is 4.48. The lowest BCUT2D eigenvalue weighted by Crippen LogP contribution is -2.26. The van der Waals surface area contributed by atoms with Gasteiger partial charge >= 0.3 is 0 Å². The molecule has 0 amide bonds. The van der Waals surface area contributed by atoms with E-state index in [-0.39, 0.29) is 17.8 Å². The molecule has 98 valence electrons. The van der Waals surface area contributed by atoms with Crippen LogP contribution in [0.2, 0.25) is 0 Å². The smallest absolute Gasteiger partial charge is 0.194 e. The molecule has 1 heterocycles. The van der Waals surface area contributed by atoms with E-state index in [1.54, 1.807) is 13.2 Å². The number of aromatic hydroxyl groups is 1. The summed E-state index contributed by atoms with van der Waals surface area (Å²) in [4.78, 5) is 4.53. The van der Waals surface area contributed by atoms with Crippen LogP contribution in [0, 0.1) is 12.8 Å². The minimum atomic E-state index is -0.0849. The minimum absolute atomic E-state index is 0.0754. The summed E-state index contributed by atoms with van der Waals surface area (Å²) in [6.07, 6.45) is -0.0849. The van der Waals surface area contributed by atoms with Crippen LogP contribution in [0.4, 0.5) is 5.69 Å². The maximum absolute atomic E-state index is 9.77. The van der Waals surface area contributed by atoms with E-state index in [2.05, 4.69) is 4.99 Å². The number of hydrogen-bond donors (Lipinski definition) is 1. The van der Waals surface area contributed by atoms with Crippen molar-refractivity contribution < 1.29 is 14.6 Å². The SMILES string of the molecule is CCOC1=Nc2c(ccc(O)c2C)C(OC)C1C. The Morgan fingerprint density at radius 2 is 2.11 bits per heavy atom. The number of aliphatic imine (C=N–C) groups is 1. The lowest BCUT2D eigenvalue weighted by molar-refractivity contribution is 0.0694. The van der Waals surface area contributed by atoms with Gasteiger partial charge in [-0.05, 0) is 19.9 Å². The second kappa shape index (κ2) is 4.98. The topological polar surface area (TPSA) is 51.0 Å². The molecular formula is C14H19NO3. The average molecular weight is 249 g/mol. The van der Waals surface area contributed by atoms with E-state index >= 15 is 0 Å². The molecule has 0 bridgehead atoms. The number of hydrogen-bond acceptors (Lipinski definition) is 4. The molecule has 0 spiro atoms. The van der Waals surface area contributed by atoms with Crippen molar-refractivity contribution in [1.29, 1.82) is 0 Å². The summed E-state index contributed by atoms with van der Waals surface area (Å²) in [5, 5.41) is 9.77. The summed E-state index contributed by atoms with van der Waals surface area (Å²) in [7, 11) is 1.68. The standard InChI is InChI=1S/C14H19NO3/c1-5-18-14-9(3)13(17-4)10-6-7-11(16)8(2)12(10)15-14/h6-7,9,13,16H,5H2,1-4H3. The molecule has 2 unspecified atom stereocenters. The molecule has 0 aliphatic carbocycles. The molecule has 4 heteroatoms. The molecule has 0 radical (unpaired) electrons. The molecule has 0 saturated carbocycles. The second-order valence-electron chi connectivity index (χ2n) is 4.48. The van der Waals surface area contributed by atoms with Gasteiger partial charge in [-0.25, -0.2) is 4.99 Å². The predicted molar refractivity (Wildman–Crippen MR) is 70.5 cm³/mol. The summed E-state index contributed by atoms with van der Waals surface area (Å²) in [6.45, 7) is 6.40. The molecule has 2 atom stereocenters. The van der Waals surface area contributed by atoms with Crippen LogP contribution in [0.1, 0.15) is 31.1 Å². The molecule has 1 N–H and O–H groups in total. The molecule has 1 aliphatic rings. The van der Waals surface area contributed by atoms with Crippen LogP contribution >= 0.6 is 0 Å². The van der Waals surface area contributed by atoms with E-state index in [0.717, 1.165) is 16.8 Å². The summed E-state index contributed by atoms with van der Waals surface area (Å²) in [5.41, 5.74) is 2.53. The first-order valence-electron chi connectivity index (χ1n) is 6.16. The largest absolute Gasteiger partial charge is 0.508 e. The first-order valence-corrected chi connectivity index (χ1v) is 6.16. The van der Waals surface area contributed by atoms with Gasteiger partial charge in [-0.2, -0.15) is 0 Å². The van der Waals surface area contributed by atoms with E-state index < -0.39 is 0 Å². The van der Waals surface area contributed by atoms with Gasteiger partial charge in [0.25, 0.3) is 0 Å². The summed E-state index contributed by atoms with van der Waals surface area (Å²) in [6, 6.07) is 3.56. The summed E-state index contributed by atoms with van der Waals surface area (Å²) < 4.78 is 11.1. The van der Waals surface area contributed by atoms with Crippen LogP contribution in [0.3, 0.4) is 0 Å². The Kier molecular flexibility index (Phi) is 3.57. The highest BCUT2D eigenvalue weighted by Gasteiger charge is 2.32. The molecule has 1 aromatic rings. The Labute approximate surface area is 107 Å². The van der Waals surface area contributed by atoms with Crippen LogP contribution < -0.4 is 0 Å². The van der Waals surface area contributed by atoms with Crippen molar-refractivity contribution in [2.45, 2.75) is 26.9 Å². The average Bonchev–Trinajstić information content (AvgIpc) is 2.36. The Morgan fingerprint density at radius 1 is 1.39 bits per heavy atom. The molecule has 0 aromatic heterocycles. The minimum Gasteiger partial charge on any atom is -0.508 e. The van der Waals surface area contributed by atoms with Gasteiger partial charge in [0.15, 0.2) is 5.90 Å². The van der Waals surface area contributed by atoms with E-state index in [0.29, 0.717) is 12.5 Å². The van der Waals surface area contributed by atoms with Crippen LogP contribution in [-0.2, 0) is 9.47 Å². The fourth-order valence-electron chi connectivity index (χ4n) is 2.34. The molecular weight excluding hydrogens is 230 g/mol. The van der Waals surface area contributed by atoms with Crippen molar-refractivity contribution in [3.63, 3.8) is 0 Å². The third-order valence-corrected chi connectivity index (χ3v) is 3.35. The lowest BCUT2D eigenvalue weighted by Gasteiger charge is -2.30. The molecule has 4 nitrogen and oxygen atoms in total. The maximum Gasteiger partial charge on any atom is 0.194 e. The van der Waals surface area contributed by atoms with Crippen molar-refractivity contribution in [2.75, 3.05) is 13.7 Å². The third-order valence-electron chi connectivity index (χ3n) is 3.35. The van der Waals surface area contributed by atoms with Crippen molar-refractivity contribution in [1.82, 2.24) is 0 Å². The monoisotopic (exact) mass is 249 g/mol. The molecule has 1 aliphatic heterocycles. The first-order chi connectivity index (χ1) is 8.60. The van der Waals surface area contributed by atoms with Gasteiger partial charge in [0.05, 0.1) is 24.3 Å². The number of benzene rings is 1. The van der Waals surface area contributed by atoms with Crippen LogP contribution in [0.15, 0.2) is 17.1 Å². The Bertz CT molecular complexity index is 482. The molecule has 0 fully saturated rings. The zero-order valence-electron chi connectivity index (χ0n) is 11.2. The maximum atomic E-state index is 9.77. The van der Waals surface area contributed by atoms with Crippen LogP contribution in [0.25, 0.3) is 0 Å². The predicted octanol–water partition coefficient (Wildman–Crippen LogP) is 3.10. The Balaban J connectivity index is 2.57. The Hall–Kier alpha value is -1.55. The van der Waals surface area contributed by atoms with Crippen molar-refractivity contribution >= 4 is 11.6 Å². The van der Waals surface area contributed by atoms with Gasteiger partial charge in [-0.3, -0.25) is 0 Å². The van der Waals surface area contributed by atoms with Gasteiger partial charge < -0.3 is 14.6 Å². The van der Waals surface area contributed by atoms with E-state index in [1.165, 1.54) is 0 Å². The van der Waals surface area contributed by atoms with Gasteiger partial charge in [0.2, 0.25) is 0 Å². The fraction of sp³-hybridized carbons (Fsp3) is 0.500. The number of fused-ring (bicyclic) bond motifs is 1. The Morgan fingerprint density at radius 3 is 2.72 bits per heavy atom. The molecule has 0 saturated heterocycles. The van der Waals surface area contributed by atoms with Gasteiger partial charge in [0.1, 0.15) is 5.75 Å². The van der Waals surface area contributed by atoms with E-state index in [4.69, 9.17) is 9.47 Å². The lowest BCUT2D eigenvalue weighted by atomic mass is 9.91. The molecule has 18 heavy (non-hydrogen) atoms. The first kappa shape index (κ1) is 12.9. The molecule has 2 rings (SSSR count). The van der Waals surface area contributed by atoms with Gasteiger partial charge in [-0.15, -0.1) is 0 Å². The van der Waals surface area contributed by atoms with Gasteiger partial charge in [0, 0.05) is 18.2 Å². The quantitative estimate of drug-likeness (QED) is 0.876. The third kappa shape index (κ3) is 1.97. The van der Waals surface area contributed by atoms with E-state index in [9.17, 15) is 5.11 Å².